The molecule has 0 radical (unpaired) electrons. The van der Waals surface area contributed by atoms with Gasteiger partial charge in [-0.15, -0.1) is 0 Å². The van der Waals surface area contributed by atoms with Gasteiger partial charge in [0, 0.05) is 17.3 Å². The van der Waals surface area contributed by atoms with Gasteiger partial charge in [0.05, 0.1) is 13.7 Å². The minimum absolute atomic E-state index is 0.112. The molecular weight excluding hydrogens is 266 g/mol. The van der Waals surface area contributed by atoms with Gasteiger partial charge in [-0.25, -0.2) is 0 Å². The molecule has 108 valence electrons. The second kappa shape index (κ2) is 7.26. The number of amides is 1. The summed E-state index contributed by atoms with van der Waals surface area (Å²) < 4.78 is 5.07. The molecule has 2 aromatic carbocycles. The molecule has 4 heteroatoms. The zero-order chi connectivity index (χ0) is 15.1. The van der Waals surface area contributed by atoms with Crippen LogP contribution in [0.2, 0.25) is 0 Å². The summed E-state index contributed by atoms with van der Waals surface area (Å²) in [5, 5.41) is 12.0. The number of hydrogen-bond donors (Lipinski definition) is 2. The highest BCUT2D eigenvalue weighted by Crippen LogP contribution is 2.15. The third-order valence-corrected chi connectivity index (χ3v) is 2.99. The molecule has 2 aromatic rings. The van der Waals surface area contributed by atoms with Crippen molar-refractivity contribution in [2.24, 2.45) is 0 Å². The van der Waals surface area contributed by atoms with Crippen molar-refractivity contribution in [2.75, 3.05) is 12.4 Å². The number of para-hydroxylation sites is 1. The molecule has 0 fully saturated rings. The van der Waals surface area contributed by atoms with Gasteiger partial charge in [0.2, 0.25) is 5.91 Å². The van der Waals surface area contributed by atoms with E-state index in [0.717, 1.165) is 11.3 Å². The highest BCUT2D eigenvalue weighted by molar-refractivity contribution is 6.02. The normalized spacial score (nSPS) is 10.6. The Labute approximate surface area is 123 Å². The second-order valence-electron chi connectivity index (χ2n) is 4.41. The predicted octanol–water partition coefficient (Wildman–Crippen LogP) is 2.84. The number of anilines is 1. The Balaban J connectivity index is 2.02. The number of aliphatic hydroxyl groups is 1. The number of hydrogen-bond acceptors (Lipinski definition) is 3. The van der Waals surface area contributed by atoms with Gasteiger partial charge in [0.25, 0.3) is 0 Å². The fourth-order valence-electron chi connectivity index (χ4n) is 1.84. The molecule has 0 atom stereocenters. The summed E-state index contributed by atoms with van der Waals surface area (Å²) in [6, 6.07) is 14.5. The van der Waals surface area contributed by atoms with E-state index in [4.69, 9.17) is 4.74 Å². The molecule has 0 aliphatic heterocycles. The highest BCUT2D eigenvalue weighted by Gasteiger charge is 2.02. The van der Waals surface area contributed by atoms with Crippen LogP contribution >= 0.6 is 0 Å². The van der Waals surface area contributed by atoms with Crippen LogP contribution in [0.5, 0.6) is 5.75 Å². The van der Waals surface area contributed by atoms with Crippen LogP contribution in [-0.2, 0) is 11.4 Å². The van der Waals surface area contributed by atoms with Crippen molar-refractivity contribution in [1.82, 2.24) is 0 Å². The first-order chi connectivity index (χ1) is 10.2. The van der Waals surface area contributed by atoms with Crippen LogP contribution < -0.4 is 10.1 Å². The van der Waals surface area contributed by atoms with Gasteiger partial charge in [-0.3, -0.25) is 4.79 Å². The Morgan fingerprint density at radius 3 is 2.57 bits per heavy atom. The van der Waals surface area contributed by atoms with Crippen LogP contribution in [-0.4, -0.2) is 18.1 Å². The Morgan fingerprint density at radius 2 is 1.90 bits per heavy atom. The lowest BCUT2D eigenvalue weighted by molar-refractivity contribution is -0.111. The van der Waals surface area contributed by atoms with Gasteiger partial charge in [0.15, 0.2) is 0 Å². The quantitative estimate of drug-likeness (QED) is 0.830. The van der Waals surface area contributed by atoms with Crippen LogP contribution in [0, 0.1) is 0 Å². The molecule has 0 bridgehead atoms. The summed E-state index contributed by atoms with van der Waals surface area (Å²) in [5.74, 6) is 0.528. The van der Waals surface area contributed by atoms with E-state index in [9.17, 15) is 9.90 Å². The summed E-state index contributed by atoms with van der Waals surface area (Å²) in [5.41, 5.74) is 2.20. The van der Waals surface area contributed by atoms with Gasteiger partial charge in [-0.1, -0.05) is 30.3 Å². The fourth-order valence-corrected chi connectivity index (χ4v) is 1.84. The lowest BCUT2D eigenvalue weighted by atomic mass is 10.2. The third-order valence-electron chi connectivity index (χ3n) is 2.99. The lowest BCUT2D eigenvalue weighted by Crippen LogP contribution is -2.09. The molecule has 21 heavy (non-hydrogen) atoms. The largest absolute Gasteiger partial charge is 0.497 e. The van der Waals surface area contributed by atoms with Gasteiger partial charge in [0.1, 0.15) is 5.75 Å². The van der Waals surface area contributed by atoms with Crippen molar-refractivity contribution < 1.29 is 14.6 Å². The molecule has 0 unspecified atom stereocenters. The van der Waals surface area contributed by atoms with Crippen LogP contribution in [0.1, 0.15) is 11.1 Å². The number of carbonyl (C=O) groups excluding carboxylic acids is 1. The summed E-state index contributed by atoms with van der Waals surface area (Å²) in [6.45, 7) is -0.112. The Hall–Kier alpha value is -2.59. The fraction of sp³-hybridized carbons (Fsp3) is 0.118. The number of nitrogens with one attached hydrogen (secondary N) is 1. The van der Waals surface area contributed by atoms with Gasteiger partial charge in [-0.05, 0) is 29.8 Å². The van der Waals surface area contributed by atoms with Crippen molar-refractivity contribution in [3.63, 3.8) is 0 Å². The average molecular weight is 283 g/mol. The summed E-state index contributed by atoms with van der Waals surface area (Å²) in [4.78, 5) is 11.9. The summed E-state index contributed by atoms with van der Waals surface area (Å²) in [7, 11) is 1.61. The number of aliphatic hydroxyl groups excluding tert-OH is 1. The standard InChI is InChI=1S/C17H17NO3/c1-21-15-9-6-13(7-10-15)8-11-17(20)18-16-5-3-2-4-14(16)12-19/h2-11,19H,12H2,1H3,(H,18,20). The van der Waals surface area contributed by atoms with Crippen LogP contribution in [0.3, 0.4) is 0 Å². The van der Waals surface area contributed by atoms with Crippen molar-refractivity contribution >= 4 is 17.7 Å². The summed E-state index contributed by atoms with van der Waals surface area (Å²) in [6.07, 6.45) is 3.17. The Morgan fingerprint density at radius 1 is 1.19 bits per heavy atom. The van der Waals surface area contributed by atoms with Crippen LogP contribution in [0.4, 0.5) is 5.69 Å². The molecule has 2 N–H and O–H groups in total. The highest BCUT2D eigenvalue weighted by atomic mass is 16.5. The number of rotatable bonds is 5. The minimum Gasteiger partial charge on any atom is -0.497 e. The third kappa shape index (κ3) is 4.19. The maximum absolute atomic E-state index is 11.9. The predicted molar refractivity (Wildman–Crippen MR) is 83.0 cm³/mol. The molecule has 0 saturated carbocycles. The van der Waals surface area contributed by atoms with E-state index in [0.29, 0.717) is 11.3 Å². The SMILES string of the molecule is COc1ccc(C=CC(=O)Nc2ccccc2CO)cc1. The number of benzene rings is 2. The van der Waals surface area contributed by atoms with Crippen molar-refractivity contribution in [3.8, 4) is 5.75 Å². The molecule has 2 rings (SSSR count). The van der Waals surface area contributed by atoms with E-state index in [1.54, 1.807) is 25.3 Å². The van der Waals surface area contributed by atoms with E-state index < -0.39 is 0 Å². The van der Waals surface area contributed by atoms with E-state index in [1.165, 1.54) is 6.08 Å². The Bertz CT molecular complexity index is 633. The lowest BCUT2D eigenvalue weighted by Gasteiger charge is -2.07. The van der Waals surface area contributed by atoms with Crippen molar-refractivity contribution in [3.05, 3.63) is 65.7 Å². The van der Waals surface area contributed by atoms with E-state index in [2.05, 4.69) is 5.32 Å². The van der Waals surface area contributed by atoms with Crippen molar-refractivity contribution in [1.29, 1.82) is 0 Å². The molecule has 4 nitrogen and oxygen atoms in total. The molecule has 0 spiro atoms. The monoisotopic (exact) mass is 283 g/mol. The van der Waals surface area contributed by atoms with Gasteiger partial charge >= 0.3 is 0 Å². The van der Waals surface area contributed by atoms with Gasteiger partial charge in [-0.2, -0.15) is 0 Å². The van der Waals surface area contributed by atoms with Crippen LogP contribution in [0.15, 0.2) is 54.6 Å². The van der Waals surface area contributed by atoms with E-state index in [-0.39, 0.29) is 12.5 Å². The van der Waals surface area contributed by atoms with E-state index in [1.807, 2.05) is 36.4 Å². The molecule has 1 amide bonds. The zero-order valence-electron chi connectivity index (χ0n) is 11.7. The van der Waals surface area contributed by atoms with Crippen LogP contribution in [0.25, 0.3) is 6.08 Å². The maximum Gasteiger partial charge on any atom is 0.248 e. The molecular formula is C17H17NO3. The topological polar surface area (TPSA) is 58.6 Å². The first kappa shape index (κ1) is 14.8. The minimum atomic E-state index is -0.244. The average Bonchev–Trinajstić information content (AvgIpc) is 2.54. The van der Waals surface area contributed by atoms with Crippen molar-refractivity contribution in [2.45, 2.75) is 6.61 Å². The summed E-state index contributed by atoms with van der Waals surface area (Å²) >= 11 is 0. The maximum atomic E-state index is 11.9. The number of carbonyl (C=O) groups is 1. The zero-order valence-corrected chi connectivity index (χ0v) is 11.7. The Kier molecular flexibility index (Phi) is 5.12. The molecule has 0 aliphatic rings. The first-order valence-corrected chi connectivity index (χ1v) is 6.55. The smallest absolute Gasteiger partial charge is 0.248 e. The second-order valence-corrected chi connectivity index (χ2v) is 4.41. The number of methoxy groups -OCH3 is 1. The first-order valence-electron chi connectivity index (χ1n) is 6.55. The van der Waals surface area contributed by atoms with E-state index >= 15 is 0 Å². The molecule has 0 saturated heterocycles. The molecule has 0 aliphatic carbocycles. The molecule has 0 heterocycles. The van der Waals surface area contributed by atoms with Gasteiger partial charge < -0.3 is 15.2 Å². The molecule has 0 aromatic heterocycles. The number of ether oxygens (including phenoxy) is 1.